The van der Waals surface area contributed by atoms with Gasteiger partial charge >= 0.3 is 5.97 Å². The number of rotatable bonds is 4. The quantitative estimate of drug-likeness (QED) is 0.936. The number of fused-ring (bicyclic) bond motifs is 1. The van der Waals surface area contributed by atoms with Gasteiger partial charge in [0.2, 0.25) is 5.91 Å². The van der Waals surface area contributed by atoms with Gasteiger partial charge in [-0.2, -0.15) is 0 Å². The highest BCUT2D eigenvalue weighted by Gasteiger charge is 2.33. The van der Waals surface area contributed by atoms with Crippen LogP contribution in [0.4, 0.5) is 0 Å². The monoisotopic (exact) mass is 286 g/mol. The molecule has 5 nitrogen and oxygen atoms in total. The molecule has 0 spiro atoms. The first-order valence-corrected chi connectivity index (χ1v) is 7.23. The van der Waals surface area contributed by atoms with E-state index in [9.17, 15) is 9.59 Å². The van der Waals surface area contributed by atoms with Crippen molar-refractivity contribution in [3.05, 3.63) is 36.5 Å². The van der Waals surface area contributed by atoms with Crippen LogP contribution in [0, 0.1) is 0 Å². The van der Waals surface area contributed by atoms with Gasteiger partial charge in [0.15, 0.2) is 0 Å². The SMILES string of the molecule is O=C(O)[C@H]1CCCN1C(=O)CCn1ccc2ccccc21. The van der Waals surface area contributed by atoms with Gasteiger partial charge in [-0.1, -0.05) is 18.2 Å². The summed E-state index contributed by atoms with van der Waals surface area (Å²) in [5.41, 5.74) is 1.10. The molecular formula is C16H18N2O3. The Kier molecular flexibility index (Phi) is 3.64. The summed E-state index contributed by atoms with van der Waals surface area (Å²) < 4.78 is 2.04. The van der Waals surface area contributed by atoms with Gasteiger partial charge in [-0.25, -0.2) is 4.79 Å². The second-order valence-electron chi connectivity index (χ2n) is 5.40. The highest BCUT2D eigenvalue weighted by atomic mass is 16.4. The number of amides is 1. The molecular weight excluding hydrogens is 268 g/mol. The zero-order valence-corrected chi connectivity index (χ0v) is 11.7. The van der Waals surface area contributed by atoms with Gasteiger partial charge in [0.05, 0.1) is 0 Å². The van der Waals surface area contributed by atoms with Crippen LogP contribution in [-0.2, 0) is 16.1 Å². The van der Waals surface area contributed by atoms with Crippen molar-refractivity contribution in [1.29, 1.82) is 0 Å². The van der Waals surface area contributed by atoms with E-state index in [4.69, 9.17) is 5.11 Å². The molecule has 1 amide bonds. The van der Waals surface area contributed by atoms with E-state index in [1.165, 1.54) is 4.90 Å². The molecule has 1 atom stereocenters. The number of benzene rings is 1. The van der Waals surface area contributed by atoms with Gasteiger partial charge in [0.1, 0.15) is 6.04 Å². The van der Waals surface area contributed by atoms with E-state index < -0.39 is 12.0 Å². The van der Waals surface area contributed by atoms with Crippen molar-refractivity contribution in [3.63, 3.8) is 0 Å². The van der Waals surface area contributed by atoms with Crippen LogP contribution in [0.5, 0.6) is 0 Å². The summed E-state index contributed by atoms with van der Waals surface area (Å²) in [6.07, 6.45) is 3.64. The topological polar surface area (TPSA) is 62.5 Å². The highest BCUT2D eigenvalue weighted by Crippen LogP contribution is 2.20. The maximum Gasteiger partial charge on any atom is 0.326 e. The molecule has 2 aromatic rings. The van der Waals surface area contributed by atoms with E-state index in [1.807, 2.05) is 41.1 Å². The fourth-order valence-electron chi connectivity index (χ4n) is 3.02. The number of aliphatic carboxylic acids is 1. The number of carboxylic acid groups (broad SMARTS) is 1. The molecule has 1 aromatic heterocycles. The summed E-state index contributed by atoms with van der Waals surface area (Å²) in [6, 6.07) is 9.40. The Morgan fingerprint density at radius 3 is 2.86 bits per heavy atom. The van der Waals surface area contributed by atoms with Crippen molar-refractivity contribution in [3.8, 4) is 0 Å². The Morgan fingerprint density at radius 2 is 2.05 bits per heavy atom. The van der Waals surface area contributed by atoms with Crippen LogP contribution in [-0.4, -0.2) is 39.0 Å². The first-order chi connectivity index (χ1) is 10.2. The van der Waals surface area contributed by atoms with Crippen LogP contribution in [0.3, 0.4) is 0 Å². The van der Waals surface area contributed by atoms with Crippen LogP contribution < -0.4 is 0 Å². The number of carboxylic acids is 1. The number of hydrogen-bond donors (Lipinski definition) is 1. The predicted octanol–water partition coefficient (Wildman–Crippen LogP) is 2.11. The number of carbonyl (C=O) groups is 2. The van der Waals surface area contributed by atoms with E-state index in [1.54, 1.807) is 0 Å². The lowest BCUT2D eigenvalue weighted by Crippen LogP contribution is -2.40. The number of hydrogen-bond acceptors (Lipinski definition) is 2. The zero-order valence-electron chi connectivity index (χ0n) is 11.7. The fraction of sp³-hybridized carbons (Fsp3) is 0.375. The molecule has 0 bridgehead atoms. The molecule has 1 N–H and O–H groups in total. The largest absolute Gasteiger partial charge is 0.480 e. The van der Waals surface area contributed by atoms with Gasteiger partial charge in [-0.3, -0.25) is 4.79 Å². The van der Waals surface area contributed by atoms with E-state index in [-0.39, 0.29) is 5.91 Å². The van der Waals surface area contributed by atoms with Crippen molar-refractivity contribution in [2.24, 2.45) is 0 Å². The average molecular weight is 286 g/mol. The van der Waals surface area contributed by atoms with Crippen molar-refractivity contribution < 1.29 is 14.7 Å². The molecule has 3 rings (SSSR count). The molecule has 5 heteroatoms. The molecule has 1 saturated heterocycles. The van der Waals surface area contributed by atoms with Crippen LogP contribution in [0.1, 0.15) is 19.3 Å². The number of likely N-dealkylation sites (tertiary alicyclic amines) is 1. The lowest BCUT2D eigenvalue weighted by atomic mass is 10.2. The normalized spacial score (nSPS) is 18.3. The molecule has 1 aliphatic rings. The number of carbonyl (C=O) groups excluding carboxylic acids is 1. The van der Waals surface area contributed by atoms with Crippen molar-refractivity contribution in [2.45, 2.75) is 31.8 Å². The second-order valence-corrected chi connectivity index (χ2v) is 5.40. The first kappa shape index (κ1) is 13.7. The zero-order chi connectivity index (χ0) is 14.8. The second kappa shape index (κ2) is 5.60. The molecule has 2 heterocycles. The third-order valence-corrected chi connectivity index (χ3v) is 4.11. The van der Waals surface area contributed by atoms with E-state index in [0.717, 1.165) is 17.3 Å². The van der Waals surface area contributed by atoms with E-state index >= 15 is 0 Å². The summed E-state index contributed by atoms with van der Waals surface area (Å²) in [4.78, 5) is 24.9. The Balaban J connectivity index is 1.67. The molecule has 1 aliphatic heterocycles. The summed E-state index contributed by atoms with van der Waals surface area (Å²) in [6.45, 7) is 1.14. The molecule has 110 valence electrons. The summed E-state index contributed by atoms with van der Waals surface area (Å²) in [5.74, 6) is -0.968. The van der Waals surface area contributed by atoms with Gasteiger partial charge in [0, 0.05) is 31.2 Å². The molecule has 1 fully saturated rings. The Hall–Kier alpha value is -2.30. The van der Waals surface area contributed by atoms with Crippen LogP contribution in [0.25, 0.3) is 10.9 Å². The van der Waals surface area contributed by atoms with Gasteiger partial charge in [-0.05, 0) is 30.4 Å². The molecule has 0 radical (unpaired) electrons. The van der Waals surface area contributed by atoms with Gasteiger partial charge < -0.3 is 14.6 Å². The number of aromatic nitrogens is 1. The Bertz CT molecular complexity index is 677. The number of nitrogens with zero attached hydrogens (tertiary/aromatic N) is 2. The van der Waals surface area contributed by atoms with Crippen molar-refractivity contribution in [1.82, 2.24) is 9.47 Å². The molecule has 0 saturated carbocycles. The average Bonchev–Trinajstić information content (AvgIpc) is 3.12. The van der Waals surface area contributed by atoms with Gasteiger partial charge in [-0.15, -0.1) is 0 Å². The molecule has 21 heavy (non-hydrogen) atoms. The molecule has 0 aliphatic carbocycles. The van der Waals surface area contributed by atoms with Crippen LogP contribution in [0.15, 0.2) is 36.5 Å². The third kappa shape index (κ3) is 2.63. The minimum Gasteiger partial charge on any atom is -0.480 e. The summed E-state index contributed by atoms with van der Waals surface area (Å²) >= 11 is 0. The Morgan fingerprint density at radius 1 is 1.24 bits per heavy atom. The lowest BCUT2D eigenvalue weighted by Gasteiger charge is -2.21. The predicted molar refractivity (Wildman–Crippen MR) is 78.9 cm³/mol. The minimum atomic E-state index is -0.896. The Labute approximate surface area is 122 Å². The smallest absolute Gasteiger partial charge is 0.326 e. The fourth-order valence-corrected chi connectivity index (χ4v) is 3.02. The van der Waals surface area contributed by atoms with Gasteiger partial charge in [0.25, 0.3) is 0 Å². The minimum absolute atomic E-state index is 0.0716. The highest BCUT2D eigenvalue weighted by molar-refractivity contribution is 5.84. The third-order valence-electron chi connectivity index (χ3n) is 4.11. The lowest BCUT2D eigenvalue weighted by molar-refractivity contribution is -0.148. The summed E-state index contributed by atoms with van der Waals surface area (Å²) in [7, 11) is 0. The standard InChI is InChI=1S/C16H18N2O3/c19-15(18-9-3-6-14(18)16(20)21)8-11-17-10-7-12-4-1-2-5-13(12)17/h1-2,4-5,7,10,14H,3,6,8-9,11H2,(H,20,21)/t14-/m1/s1. The van der Waals surface area contributed by atoms with Crippen molar-refractivity contribution >= 4 is 22.8 Å². The van der Waals surface area contributed by atoms with Crippen LogP contribution in [0.2, 0.25) is 0 Å². The van der Waals surface area contributed by atoms with E-state index in [0.29, 0.717) is 25.9 Å². The maximum absolute atomic E-state index is 12.2. The number of aryl methyl sites for hydroxylation is 1. The van der Waals surface area contributed by atoms with E-state index in [2.05, 4.69) is 0 Å². The maximum atomic E-state index is 12.2. The summed E-state index contributed by atoms with van der Waals surface area (Å²) in [5, 5.41) is 10.3. The molecule has 1 aromatic carbocycles. The number of para-hydroxylation sites is 1. The molecule has 0 unspecified atom stereocenters. The van der Waals surface area contributed by atoms with Crippen LogP contribution >= 0.6 is 0 Å². The van der Waals surface area contributed by atoms with Crippen molar-refractivity contribution in [2.75, 3.05) is 6.54 Å². The first-order valence-electron chi connectivity index (χ1n) is 7.23.